The minimum absolute atomic E-state index is 0.0642. The molecule has 1 unspecified atom stereocenters. The highest BCUT2D eigenvalue weighted by molar-refractivity contribution is 6.30. The first-order valence-electron chi connectivity index (χ1n) is 13.6. The van der Waals surface area contributed by atoms with Crippen LogP contribution in [0.25, 0.3) is 11.0 Å². The number of aromatic nitrogens is 2. The lowest BCUT2D eigenvalue weighted by Gasteiger charge is -2.34. The molecule has 2 atom stereocenters. The van der Waals surface area contributed by atoms with Crippen molar-refractivity contribution in [3.8, 4) is 11.8 Å². The number of hydrogen-bond acceptors (Lipinski definition) is 6. The van der Waals surface area contributed by atoms with E-state index in [1.807, 2.05) is 17.6 Å². The van der Waals surface area contributed by atoms with Crippen molar-refractivity contribution in [2.45, 2.75) is 59.0 Å². The number of fused-ring (bicyclic) bond motifs is 1. The van der Waals surface area contributed by atoms with Crippen molar-refractivity contribution in [3.63, 3.8) is 0 Å². The predicted octanol–water partition coefficient (Wildman–Crippen LogP) is 5.88. The number of carbonyl (C=O) groups is 3. The summed E-state index contributed by atoms with van der Waals surface area (Å²) in [7, 11) is 1.71. The molecule has 41 heavy (non-hydrogen) atoms. The quantitative estimate of drug-likeness (QED) is 0.390. The Kier molecular flexibility index (Phi) is 8.88. The van der Waals surface area contributed by atoms with Crippen LogP contribution in [-0.2, 0) is 4.79 Å². The molecule has 0 radical (unpaired) electrons. The molecule has 1 aliphatic heterocycles. The van der Waals surface area contributed by atoms with E-state index in [1.54, 1.807) is 59.3 Å². The average molecular weight is 579 g/mol. The predicted molar refractivity (Wildman–Crippen MR) is 157 cm³/mol. The fourth-order valence-electron chi connectivity index (χ4n) is 4.86. The number of nitrogens with zero attached hydrogens (tertiary/aromatic N) is 5. The summed E-state index contributed by atoms with van der Waals surface area (Å²) in [4.78, 5) is 46.5. The number of nitriles is 1. The van der Waals surface area contributed by atoms with Gasteiger partial charge < -0.3 is 19.1 Å². The molecular weight excluding hydrogens is 544 g/mol. The van der Waals surface area contributed by atoms with Crippen LogP contribution in [0.1, 0.15) is 63.4 Å². The molecular formula is C30H35ClN6O4. The summed E-state index contributed by atoms with van der Waals surface area (Å²) in [5.41, 5.74) is 1.52. The first-order chi connectivity index (χ1) is 19.4. The molecule has 4 rings (SSSR count). The number of benzene rings is 2. The molecule has 0 saturated carbocycles. The highest BCUT2D eigenvalue weighted by atomic mass is 35.5. The van der Waals surface area contributed by atoms with Gasteiger partial charge in [-0.15, -0.1) is 0 Å². The first-order valence-corrected chi connectivity index (χ1v) is 13.9. The van der Waals surface area contributed by atoms with Crippen molar-refractivity contribution in [1.82, 2.24) is 19.4 Å². The SMILES string of the molecule is C[C@H](N(C)C(=O)Oc1ccc2c(c1)nc(NC(=O)c1ccc(Cl)cc1)n2C1CCCN(C(=O)CC#N)C1)C(C)(C)C. The normalized spacial score (nSPS) is 16.1. The molecule has 0 spiro atoms. The van der Waals surface area contributed by atoms with Crippen LogP contribution in [0.5, 0.6) is 5.75 Å². The molecule has 11 heteroatoms. The summed E-state index contributed by atoms with van der Waals surface area (Å²) in [5, 5.41) is 12.4. The molecule has 3 aromatic rings. The molecule has 1 aromatic heterocycles. The van der Waals surface area contributed by atoms with Gasteiger partial charge in [0, 0.05) is 42.8 Å². The number of ether oxygens (including phenoxy) is 1. The van der Waals surface area contributed by atoms with Crippen LogP contribution < -0.4 is 10.1 Å². The zero-order valence-corrected chi connectivity index (χ0v) is 24.7. The summed E-state index contributed by atoms with van der Waals surface area (Å²) in [6, 6.07) is 13.4. The van der Waals surface area contributed by atoms with Crippen molar-refractivity contribution >= 4 is 46.5 Å². The summed E-state index contributed by atoms with van der Waals surface area (Å²) >= 11 is 5.99. The molecule has 2 heterocycles. The van der Waals surface area contributed by atoms with Crippen molar-refractivity contribution in [2.24, 2.45) is 5.41 Å². The Bertz CT molecular complexity index is 1490. The third kappa shape index (κ3) is 6.80. The van der Waals surface area contributed by atoms with E-state index in [9.17, 15) is 14.4 Å². The van der Waals surface area contributed by atoms with Gasteiger partial charge in [0.15, 0.2) is 0 Å². The number of nitrogens with one attached hydrogen (secondary N) is 1. The molecule has 216 valence electrons. The van der Waals surface area contributed by atoms with E-state index in [-0.39, 0.29) is 35.7 Å². The number of carbonyl (C=O) groups excluding carboxylic acids is 3. The Morgan fingerprint density at radius 3 is 2.59 bits per heavy atom. The summed E-state index contributed by atoms with van der Waals surface area (Å²) in [6.45, 7) is 9.08. The maximum absolute atomic E-state index is 13.1. The van der Waals surface area contributed by atoms with Crippen LogP contribution in [0.15, 0.2) is 42.5 Å². The van der Waals surface area contributed by atoms with Crippen LogP contribution >= 0.6 is 11.6 Å². The summed E-state index contributed by atoms with van der Waals surface area (Å²) in [5.74, 6) is 0.0405. The topological polar surface area (TPSA) is 121 Å². The highest BCUT2D eigenvalue weighted by Crippen LogP contribution is 2.33. The number of rotatable bonds is 6. The molecule has 1 aliphatic rings. The molecule has 1 fully saturated rings. The molecule has 0 bridgehead atoms. The third-order valence-corrected chi connectivity index (χ3v) is 7.92. The Morgan fingerprint density at radius 2 is 1.93 bits per heavy atom. The van der Waals surface area contributed by atoms with Crippen molar-refractivity contribution in [2.75, 3.05) is 25.5 Å². The van der Waals surface area contributed by atoms with E-state index in [2.05, 4.69) is 26.1 Å². The number of imidazole rings is 1. The lowest BCUT2D eigenvalue weighted by molar-refractivity contribution is -0.131. The van der Waals surface area contributed by atoms with Crippen molar-refractivity contribution in [3.05, 3.63) is 53.1 Å². The second kappa shape index (κ2) is 12.2. The van der Waals surface area contributed by atoms with E-state index < -0.39 is 6.09 Å². The van der Waals surface area contributed by atoms with E-state index in [1.165, 1.54) is 0 Å². The van der Waals surface area contributed by atoms with E-state index in [0.717, 1.165) is 12.8 Å². The molecule has 1 N–H and O–H groups in total. The zero-order chi connectivity index (χ0) is 29.9. The fourth-order valence-corrected chi connectivity index (χ4v) is 4.98. The summed E-state index contributed by atoms with van der Waals surface area (Å²) in [6.07, 6.45) is 0.813. The minimum atomic E-state index is -0.485. The molecule has 0 aliphatic carbocycles. The number of piperidine rings is 1. The minimum Gasteiger partial charge on any atom is -0.410 e. The third-order valence-electron chi connectivity index (χ3n) is 7.66. The second-order valence-corrected chi connectivity index (χ2v) is 11.8. The van der Waals surface area contributed by atoms with Crippen molar-refractivity contribution in [1.29, 1.82) is 5.26 Å². The van der Waals surface area contributed by atoms with E-state index in [0.29, 0.717) is 46.4 Å². The van der Waals surface area contributed by atoms with Gasteiger partial charge in [-0.05, 0) is 61.6 Å². The zero-order valence-electron chi connectivity index (χ0n) is 24.0. The van der Waals surface area contributed by atoms with Gasteiger partial charge in [-0.25, -0.2) is 9.78 Å². The van der Waals surface area contributed by atoms with Crippen LogP contribution in [0.2, 0.25) is 5.02 Å². The van der Waals surface area contributed by atoms with E-state index >= 15 is 0 Å². The van der Waals surface area contributed by atoms with Gasteiger partial charge >= 0.3 is 6.09 Å². The number of amides is 3. The van der Waals surface area contributed by atoms with Crippen LogP contribution in [0.3, 0.4) is 0 Å². The first kappa shape index (κ1) is 29.9. The van der Waals surface area contributed by atoms with Gasteiger partial charge in [0.25, 0.3) is 5.91 Å². The number of hydrogen-bond donors (Lipinski definition) is 1. The standard InChI is InChI=1S/C30H35ClN6O4/c1-19(30(2,3)4)35(5)29(40)41-23-12-13-25-24(17-23)33-28(34-27(39)20-8-10-21(31)11-9-20)37(25)22-7-6-16-36(18-22)26(38)14-15-32/h8-13,17,19,22H,6-7,14,16,18H2,1-5H3,(H,33,34,39)/t19-,22?/m0/s1. The Labute approximate surface area is 244 Å². The van der Waals surface area contributed by atoms with Gasteiger partial charge in [0.1, 0.15) is 12.2 Å². The number of anilines is 1. The molecule has 3 amide bonds. The van der Waals surface area contributed by atoms with Gasteiger partial charge in [-0.3, -0.25) is 14.9 Å². The van der Waals surface area contributed by atoms with Gasteiger partial charge in [0.2, 0.25) is 11.9 Å². The molecule has 1 saturated heterocycles. The monoisotopic (exact) mass is 578 g/mol. The van der Waals surface area contributed by atoms with Crippen LogP contribution in [0, 0.1) is 16.7 Å². The van der Waals surface area contributed by atoms with E-state index in [4.69, 9.17) is 26.6 Å². The molecule has 10 nitrogen and oxygen atoms in total. The second-order valence-electron chi connectivity index (χ2n) is 11.4. The van der Waals surface area contributed by atoms with Crippen LogP contribution in [-0.4, -0.2) is 63.4 Å². The maximum Gasteiger partial charge on any atom is 0.415 e. The highest BCUT2D eigenvalue weighted by Gasteiger charge is 2.30. The van der Waals surface area contributed by atoms with Gasteiger partial charge in [0.05, 0.1) is 23.1 Å². The lowest BCUT2D eigenvalue weighted by atomic mass is 9.87. The number of likely N-dealkylation sites (tertiary alicyclic amines) is 1. The Balaban J connectivity index is 1.68. The van der Waals surface area contributed by atoms with Gasteiger partial charge in [-0.1, -0.05) is 32.4 Å². The fraction of sp³-hybridized carbons (Fsp3) is 0.433. The number of halogens is 1. The maximum atomic E-state index is 13.1. The molecule has 2 aromatic carbocycles. The Hall–Kier alpha value is -4.10. The van der Waals surface area contributed by atoms with Crippen molar-refractivity contribution < 1.29 is 19.1 Å². The lowest BCUT2D eigenvalue weighted by Crippen LogP contribution is -2.44. The Morgan fingerprint density at radius 1 is 1.22 bits per heavy atom. The van der Waals surface area contributed by atoms with Crippen LogP contribution in [0.4, 0.5) is 10.7 Å². The average Bonchev–Trinajstić information content (AvgIpc) is 3.29. The largest absolute Gasteiger partial charge is 0.415 e. The van der Waals surface area contributed by atoms with Gasteiger partial charge in [-0.2, -0.15) is 5.26 Å². The smallest absolute Gasteiger partial charge is 0.410 e. The summed E-state index contributed by atoms with van der Waals surface area (Å²) < 4.78 is 7.60.